The van der Waals surface area contributed by atoms with Gasteiger partial charge >= 0.3 is 0 Å². The summed E-state index contributed by atoms with van der Waals surface area (Å²) >= 11 is 5.99. The van der Waals surface area contributed by atoms with Crippen molar-refractivity contribution in [3.05, 3.63) is 34.3 Å². The van der Waals surface area contributed by atoms with Crippen LogP contribution in [0.5, 0.6) is 0 Å². The lowest BCUT2D eigenvalue weighted by atomic mass is 9.86. The van der Waals surface area contributed by atoms with E-state index in [2.05, 4.69) is 5.32 Å². The SMILES string of the molecule is O=C1c2ccc(Cl)cc2CC1CC1CCNCC1. The van der Waals surface area contributed by atoms with Gasteiger partial charge in [0.05, 0.1) is 0 Å². The standard InChI is InChI=1S/C15H18ClNO/c16-13-1-2-14-11(9-13)8-12(15(14)18)7-10-3-5-17-6-4-10/h1-2,9-10,12,17H,3-8H2. The Morgan fingerprint density at radius 3 is 2.83 bits per heavy atom. The van der Waals surface area contributed by atoms with Crippen molar-refractivity contribution < 1.29 is 4.79 Å². The van der Waals surface area contributed by atoms with Gasteiger partial charge in [-0.05, 0) is 68.5 Å². The van der Waals surface area contributed by atoms with Crippen LogP contribution in [0.1, 0.15) is 35.2 Å². The van der Waals surface area contributed by atoms with E-state index in [1.165, 1.54) is 12.8 Å². The highest BCUT2D eigenvalue weighted by Gasteiger charge is 2.32. The summed E-state index contributed by atoms with van der Waals surface area (Å²) in [6, 6.07) is 5.67. The molecule has 0 aromatic heterocycles. The second-order valence-corrected chi connectivity index (χ2v) is 5.93. The van der Waals surface area contributed by atoms with E-state index in [-0.39, 0.29) is 5.92 Å². The minimum Gasteiger partial charge on any atom is -0.317 e. The predicted octanol–water partition coefficient (Wildman–Crippen LogP) is 3.08. The van der Waals surface area contributed by atoms with Crippen molar-refractivity contribution in [1.29, 1.82) is 0 Å². The molecule has 1 heterocycles. The Morgan fingerprint density at radius 2 is 2.06 bits per heavy atom. The van der Waals surface area contributed by atoms with Gasteiger partial charge in [-0.15, -0.1) is 0 Å². The summed E-state index contributed by atoms with van der Waals surface area (Å²) in [6.07, 6.45) is 4.35. The molecule has 1 aromatic carbocycles. The number of carbonyl (C=O) groups excluding carboxylic acids is 1. The molecule has 2 aliphatic rings. The van der Waals surface area contributed by atoms with Crippen molar-refractivity contribution in [3.63, 3.8) is 0 Å². The minimum absolute atomic E-state index is 0.196. The lowest BCUT2D eigenvalue weighted by molar-refractivity contribution is 0.0913. The number of fused-ring (bicyclic) bond motifs is 1. The van der Waals surface area contributed by atoms with Gasteiger partial charge < -0.3 is 5.32 Å². The first-order chi connectivity index (χ1) is 8.74. The van der Waals surface area contributed by atoms with Crippen LogP contribution < -0.4 is 5.32 Å². The number of nitrogens with one attached hydrogen (secondary N) is 1. The number of piperidine rings is 1. The second-order valence-electron chi connectivity index (χ2n) is 5.50. The van der Waals surface area contributed by atoms with Gasteiger partial charge in [0.1, 0.15) is 0 Å². The molecule has 0 bridgehead atoms. The molecule has 1 aromatic rings. The maximum atomic E-state index is 12.3. The van der Waals surface area contributed by atoms with Crippen LogP contribution in [0.15, 0.2) is 18.2 Å². The third kappa shape index (κ3) is 2.32. The molecule has 1 aliphatic carbocycles. The van der Waals surface area contributed by atoms with Crippen LogP contribution in [0.2, 0.25) is 5.02 Å². The molecule has 1 N–H and O–H groups in total. The van der Waals surface area contributed by atoms with Gasteiger partial charge in [-0.25, -0.2) is 0 Å². The van der Waals surface area contributed by atoms with Crippen LogP contribution in [0, 0.1) is 11.8 Å². The Morgan fingerprint density at radius 1 is 1.28 bits per heavy atom. The van der Waals surface area contributed by atoms with Crippen LogP contribution in [-0.4, -0.2) is 18.9 Å². The van der Waals surface area contributed by atoms with Crippen molar-refractivity contribution in [2.24, 2.45) is 11.8 Å². The molecular weight excluding hydrogens is 246 g/mol. The van der Waals surface area contributed by atoms with E-state index in [1.54, 1.807) is 0 Å². The number of ketones is 1. The summed E-state index contributed by atoms with van der Waals surface area (Å²) in [5.74, 6) is 1.24. The maximum absolute atomic E-state index is 12.3. The van der Waals surface area contributed by atoms with Crippen molar-refractivity contribution in [2.75, 3.05) is 13.1 Å². The zero-order chi connectivity index (χ0) is 12.5. The lowest BCUT2D eigenvalue weighted by Crippen LogP contribution is -2.29. The van der Waals surface area contributed by atoms with Gasteiger partial charge in [0.15, 0.2) is 5.78 Å². The monoisotopic (exact) mass is 263 g/mol. The summed E-state index contributed by atoms with van der Waals surface area (Å²) in [7, 11) is 0. The summed E-state index contributed by atoms with van der Waals surface area (Å²) in [5.41, 5.74) is 2.05. The fourth-order valence-electron chi connectivity index (χ4n) is 3.26. The molecule has 1 aliphatic heterocycles. The number of carbonyl (C=O) groups is 1. The number of rotatable bonds is 2. The topological polar surface area (TPSA) is 29.1 Å². The lowest BCUT2D eigenvalue weighted by Gasteiger charge is -2.24. The summed E-state index contributed by atoms with van der Waals surface area (Å²) in [6.45, 7) is 2.20. The molecule has 3 rings (SSSR count). The van der Waals surface area contributed by atoms with Gasteiger partial charge in [0.2, 0.25) is 0 Å². The van der Waals surface area contributed by atoms with E-state index in [1.807, 2.05) is 18.2 Å². The number of benzene rings is 1. The van der Waals surface area contributed by atoms with E-state index >= 15 is 0 Å². The van der Waals surface area contributed by atoms with Crippen molar-refractivity contribution >= 4 is 17.4 Å². The average molecular weight is 264 g/mol. The number of Topliss-reactive ketones (excluding diaryl/α,β-unsaturated/α-hetero) is 1. The summed E-state index contributed by atoms with van der Waals surface area (Å²) in [4.78, 5) is 12.3. The van der Waals surface area contributed by atoms with Gasteiger partial charge in [-0.3, -0.25) is 4.79 Å². The second kappa shape index (κ2) is 5.02. The van der Waals surface area contributed by atoms with Crippen LogP contribution in [0.25, 0.3) is 0 Å². The quantitative estimate of drug-likeness (QED) is 0.889. The number of hydrogen-bond donors (Lipinski definition) is 1. The molecule has 1 unspecified atom stereocenters. The fraction of sp³-hybridized carbons (Fsp3) is 0.533. The highest BCUT2D eigenvalue weighted by atomic mass is 35.5. The summed E-state index contributed by atoms with van der Waals surface area (Å²) < 4.78 is 0. The molecule has 2 nitrogen and oxygen atoms in total. The zero-order valence-electron chi connectivity index (χ0n) is 10.4. The molecule has 0 radical (unpaired) electrons. The van der Waals surface area contributed by atoms with E-state index < -0.39 is 0 Å². The van der Waals surface area contributed by atoms with Crippen molar-refractivity contribution in [1.82, 2.24) is 5.32 Å². The third-order valence-electron chi connectivity index (χ3n) is 4.25. The highest BCUT2D eigenvalue weighted by Crippen LogP contribution is 2.34. The van der Waals surface area contributed by atoms with Crippen LogP contribution in [0.3, 0.4) is 0 Å². The number of halogens is 1. The minimum atomic E-state index is 0.196. The Labute approximate surface area is 113 Å². The normalized spacial score (nSPS) is 24.3. The molecule has 1 saturated heterocycles. The summed E-state index contributed by atoms with van der Waals surface area (Å²) in [5, 5.41) is 4.11. The Bertz CT molecular complexity index is 466. The van der Waals surface area contributed by atoms with Gasteiger partial charge in [-0.2, -0.15) is 0 Å². The highest BCUT2D eigenvalue weighted by molar-refractivity contribution is 6.30. The Kier molecular flexibility index (Phi) is 3.40. The van der Waals surface area contributed by atoms with E-state index in [0.29, 0.717) is 11.7 Å². The molecule has 18 heavy (non-hydrogen) atoms. The van der Waals surface area contributed by atoms with Crippen LogP contribution in [0.4, 0.5) is 0 Å². The smallest absolute Gasteiger partial charge is 0.166 e. The van der Waals surface area contributed by atoms with Crippen LogP contribution in [-0.2, 0) is 6.42 Å². The first-order valence-corrected chi connectivity index (χ1v) is 7.15. The largest absolute Gasteiger partial charge is 0.317 e. The third-order valence-corrected chi connectivity index (χ3v) is 4.48. The van der Waals surface area contributed by atoms with E-state index in [0.717, 1.165) is 42.1 Å². The van der Waals surface area contributed by atoms with Gasteiger partial charge in [0, 0.05) is 16.5 Å². The van der Waals surface area contributed by atoms with E-state index in [9.17, 15) is 4.79 Å². The molecule has 3 heteroatoms. The van der Waals surface area contributed by atoms with Crippen molar-refractivity contribution in [2.45, 2.75) is 25.7 Å². The first-order valence-electron chi connectivity index (χ1n) is 6.77. The molecule has 1 atom stereocenters. The predicted molar refractivity (Wildman–Crippen MR) is 73.2 cm³/mol. The Hall–Kier alpha value is -0.860. The molecule has 0 amide bonds. The fourth-order valence-corrected chi connectivity index (χ4v) is 3.45. The number of hydrogen-bond acceptors (Lipinski definition) is 2. The van der Waals surface area contributed by atoms with Crippen molar-refractivity contribution in [3.8, 4) is 0 Å². The van der Waals surface area contributed by atoms with Gasteiger partial charge in [-0.1, -0.05) is 11.6 Å². The molecular formula is C15H18ClNO. The van der Waals surface area contributed by atoms with Crippen LogP contribution >= 0.6 is 11.6 Å². The molecule has 0 spiro atoms. The zero-order valence-corrected chi connectivity index (χ0v) is 11.2. The first kappa shape index (κ1) is 12.2. The Balaban J connectivity index is 1.71. The molecule has 1 fully saturated rings. The van der Waals surface area contributed by atoms with Gasteiger partial charge in [0.25, 0.3) is 0 Å². The molecule has 96 valence electrons. The maximum Gasteiger partial charge on any atom is 0.166 e. The van der Waals surface area contributed by atoms with E-state index in [4.69, 9.17) is 11.6 Å². The molecule has 0 saturated carbocycles. The average Bonchev–Trinajstić information content (AvgIpc) is 2.67.